The zero-order valence-corrected chi connectivity index (χ0v) is 17.0. The summed E-state index contributed by atoms with van der Waals surface area (Å²) in [6.07, 6.45) is 6.76. The molecule has 3 heterocycles. The summed E-state index contributed by atoms with van der Waals surface area (Å²) in [7, 11) is 0. The lowest BCUT2D eigenvalue weighted by Gasteiger charge is -2.45. The largest absolute Gasteiger partial charge is 0.462 e. The van der Waals surface area contributed by atoms with Crippen LogP contribution in [-0.4, -0.2) is 46.4 Å². The Hall–Kier alpha value is -2.68. The van der Waals surface area contributed by atoms with E-state index in [0.717, 1.165) is 25.7 Å². The molecule has 0 unspecified atom stereocenters. The molecule has 30 heavy (non-hydrogen) atoms. The van der Waals surface area contributed by atoms with Crippen molar-refractivity contribution >= 4 is 11.9 Å². The summed E-state index contributed by atoms with van der Waals surface area (Å²) >= 11 is 0. The van der Waals surface area contributed by atoms with Gasteiger partial charge in [0, 0.05) is 13.1 Å². The highest BCUT2D eigenvalue weighted by atomic mass is 16.7. The van der Waals surface area contributed by atoms with E-state index < -0.39 is 35.9 Å². The Morgan fingerprint density at radius 2 is 2.07 bits per heavy atom. The van der Waals surface area contributed by atoms with Crippen molar-refractivity contribution in [3.05, 3.63) is 29.9 Å². The maximum atomic E-state index is 12.9. The van der Waals surface area contributed by atoms with Crippen molar-refractivity contribution in [2.24, 2.45) is 10.8 Å². The molecule has 6 rings (SSSR count). The standard InChI is InChI=1S/C21H25N3O6/c1-12(25)28-15-13(29-17-16(15)30-19-23-14(22)3-10-24(17)19)11-27-18(26)21-7-4-20(2,5-8-21)6-9-21/h3-4,7,10,13,15-17,22H,5-6,8-9,11H2,1-2H3/t13-,15-,16+,17-,20?,21?/m1/s1. The fourth-order valence-electron chi connectivity index (χ4n) is 4.88. The van der Waals surface area contributed by atoms with Crippen LogP contribution in [0.1, 0.15) is 45.8 Å². The highest BCUT2D eigenvalue weighted by molar-refractivity contribution is 5.80. The minimum Gasteiger partial charge on any atom is -0.462 e. The lowest BCUT2D eigenvalue weighted by atomic mass is 9.59. The van der Waals surface area contributed by atoms with Crippen LogP contribution < -0.4 is 10.2 Å². The molecule has 9 heteroatoms. The van der Waals surface area contributed by atoms with Gasteiger partial charge in [-0.3, -0.25) is 19.6 Å². The van der Waals surface area contributed by atoms with Crippen molar-refractivity contribution in [2.45, 2.75) is 64.1 Å². The van der Waals surface area contributed by atoms with E-state index in [1.807, 2.05) is 6.08 Å². The van der Waals surface area contributed by atoms with E-state index in [-0.39, 0.29) is 29.5 Å². The second-order valence-electron chi connectivity index (χ2n) is 8.97. The molecule has 4 atom stereocenters. The maximum Gasteiger partial charge on any atom is 0.316 e. The summed E-state index contributed by atoms with van der Waals surface area (Å²) in [4.78, 5) is 28.7. The van der Waals surface area contributed by atoms with Crippen molar-refractivity contribution in [2.75, 3.05) is 6.61 Å². The summed E-state index contributed by atoms with van der Waals surface area (Å²) in [6.45, 7) is 3.51. The van der Waals surface area contributed by atoms with Gasteiger partial charge in [0.2, 0.25) is 0 Å². The van der Waals surface area contributed by atoms with Gasteiger partial charge in [-0.15, -0.1) is 0 Å². The molecular weight excluding hydrogens is 390 g/mol. The molecule has 2 aliphatic heterocycles. The van der Waals surface area contributed by atoms with Crippen molar-refractivity contribution in [3.63, 3.8) is 0 Å². The first kappa shape index (κ1) is 19.3. The maximum absolute atomic E-state index is 12.9. The van der Waals surface area contributed by atoms with Gasteiger partial charge in [-0.05, 0) is 37.2 Å². The Morgan fingerprint density at radius 3 is 2.73 bits per heavy atom. The summed E-state index contributed by atoms with van der Waals surface area (Å²) in [5.74, 6) is -0.725. The Kier molecular flexibility index (Phi) is 4.29. The van der Waals surface area contributed by atoms with Gasteiger partial charge in [0.05, 0.1) is 5.41 Å². The van der Waals surface area contributed by atoms with Crippen LogP contribution >= 0.6 is 0 Å². The van der Waals surface area contributed by atoms with Crippen LogP contribution in [0.15, 0.2) is 24.4 Å². The second kappa shape index (κ2) is 6.66. The number of aromatic nitrogens is 2. The van der Waals surface area contributed by atoms with Crippen LogP contribution in [0.3, 0.4) is 0 Å². The molecule has 1 saturated carbocycles. The van der Waals surface area contributed by atoms with E-state index >= 15 is 0 Å². The molecule has 1 N–H and O–H groups in total. The number of esters is 2. The number of nitrogens with one attached hydrogen (secondary N) is 1. The highest BCUT2D eigenvalue weighted by Gasteiger charge is 2.55. The number of carbonyl (C=O) groups excluding carboxylic acids is 2. The number of rotatable bonds is 4. The fraction of sp³-hybridized carbons (Fsp3) is 0.619. The lowest BCUT2D eigenvalue weighted by molar-refractivity contribution is -0.166. The summed E-state index contributed by atoms with van der Waals surface area (Å²) in [5.41, 5.74) is -0.294. The molecule has 1 aromatic heterocycles. The molecule has 160 valence electrons. The Balaban J connectivity index is 1.31. The van der Waals surface area contributed by atoms with Gasteiger partial charge in [-0.1, -0.05) is 19.1 Å². The van der Waals surface area contributed by atoms with Gasteiger partial charge in [0.15, 0.2) is 23.9 Å². The van der Waals surface area contributed by atoms with Crippen LogP contribution in [0.5, 0.6) is 6.01 Å². The van der Waals surface area contributed by atoms with Crippen LogP contribution in [0.25, 0.3) is 0 Å². The fourth-order valence-corrected chi connectivity index (χ4v) is 4.88. The van der Waals surface area contributed by atoms with E-state index in [2.05, 4.69) is 18.0 Å². The molecule has 2 bridgehead atoms. The van der Waals surface area contributed by atoms with Crippen LogP contribution in [0.4, 0.5) is 0 Å². The third-order valence-electron chi connectivity index (χ3n) is 6.81. The van der Waals surface area contributed by atoms with Gasteiger partial charge in [0.25, 0.3) is 0 Å². The van der Waals surface area contributed by atoms with Gasteiger partial charge >= 0.3 is 17.9 Å². The minimum absolute atomic E-state index is 0.0279. The predicted octanol–water partition coefficient (Wildman–Crippen LogP) is 1.63. The van der Waals surface area contributed by atoms with Crippen LogP contribution in [0.2, 0.25) is 0 Å². The van der Waals surface area contributed by atoms with E-state index in [1.54, 1.807) is 10.8 Å². The first-order chi connectivity index (χ1) is 14.3. The minimum atomic E-state index is -0.745. The molecular formula is C21H25N3O6. The van der Waals surface area contributed by atoms with E-state index in [0.29, 0.717) is 0 Å². The van der Waals surface area contributed by atoms with Gasteiger partial charge in [0.1, 0.15) is 12.7 Å². The van der Waals surface area contributed by atoms with Gasteiger partial charge < -0.3 is 18.9 Å². The van der Waals surface area contributed by atoms with Gasteiger partial charge in [-0.2, -0.15) is 4.98 Å². The number of hydrogen-bond donors (Lipinski definition) is 1. The van der Waals surface area contributed by atoms with Crippen LogP contribution in [0, 0.1) is 16.2 Å². The summed E-state index contributed by atoms with van der Waals surface area (Å²) in [6, 6.07) is 1.76. The number of allylic oxidation sites excluding steroid dienone is 1. The summed E-state index contributed by atoms with van der Waals surface area (Å²) < 4.78 is 24.7. The molecule has 0 radical (unpaired) electrons. The number of ether oxygens (including phenoxy) is 4. The van der Waals surface area contributed by atoms with Crippen molar-refractivity contribution in [3.8, 4) is 6.01 Å². The first-order valence-corrected chi connectivity index (χ1v) is 10.3. The third kappa shape index (κ3) is 3.03. The van der Waals surface area contributed by atoms with E-state index in [9.17, 15) is 9.59 Å². The van der Waals surface area contributed by atoms with E-state index in [1.165, 1.54) is 13.0 Å². The molecule has 0 aromatic carbocycles. The molecule has 1 saturated heterocycles. The average molecular weight is 415 g/mol. The first-order valence-electron chi connectivity index (χ1n) is 10.3. The smallest absolute Gasteiger partial charge is 0.316 e. The van der Waals surface area contributed by atoms with E-state index in [4.69, 9.17) is 24.4 Å². The topological polar surface area (TPSA) is 113 Å². The normalized spacial score (nSPS) is 37.9. The van der Waals surface area contributed by atoms with Crippen molar-refractivity contribution < 1.29 is 28.5 Å². The Bertz CT molecular complexity index is 977. The molecule has 9 nitrogen and oxygen atoms in total. The molecule has 5 aliphatic rings. The zero-order chi connectivity index (χ0) is 21.1. The Labute approximate surface area is 173 Å². The lowest BCUT2D eigenvalue weighted by Crippen LogP contribution is -2.44. The molecule has 3 aliphatic carbocycles. The molecule has 2 fully saturated rings. The molecule has 0 amide bonds. The monoisotopic (exact) mass is 415 g/mol. The average Bonchev–Trinajstić information content (AvgIpc) is 3.22. The quantitative estimate of drug-likeness (QED) is 0.587. The predicted molar refractivity (Wildman–Crippen MR) is 101 cm³/mol. The summed E-state index contributed by atoms with van der Waals surface area (Å²) in [5, 5.41) is 7.64. The second-order valence-corrected chi connectivity index (χ2v) is 8.97. The van der Waals surface area contributed by atoms with Crippen molar-refractivity contribution in [1.82, 2.24) is 9.55 Å². The van der Waals surface area contributed by atoms with Gasteiger partial charge in [-0.25, -0.2) is 0 Å². The van der Waals surface area contributed by atoms with Crippen molar-refractivity contribution in [1.29, 1.82) is 5.41 Å². The Morgan fingerprint density at radius 1 is 1.30 bits per heavy atom. The number of hydrogen-bond acceptors (Lipinski definition) is 8. The zero-order valence-electron chi connectivity index (χ0n) is 17.0. The van der Waals surface area contributed by atoms with Crippen LogP contribution in [-0.2, 0) is 23.8 Å². The number of fused-ring (bicyclic) bond motifs is 5. The SMILES string of the molecule is CC(=O)O[C@H]1[C@@H]2Oc3nc(=N)ccn3[C@@H]2O[C@@H]1COC(=O)C12C=CC(C)(CC1)CC2. The molecule has 0 spiro atoms. The third-order valence-corrected chi connectivity index (χ3v) is 6.81. The molecule has 1 aromatic rings. The number of nitrogens with zero attached hydrogens (tertiary/aromatic N) is 2. The number of carbonyl (C=O) groups is 2. The highest BCUT2D eigenvalue weighted by Crippen LogP contribution is 2.52.